The maximum Gasteiger partial charge on any atom is 0.309 e. The van der Waals surface area contributed by atoms with Crippen molar-refractivity contribution in [2.45, 2.75) is 147 Å². The van der Waals surface area contributed by atoms with Gasteiger partial charge in [0.2, 0.25) is 0 Å². The van der Waals surface area contributed by atoms with E-state index in [1.165, 1.54) is 30.9 Å². The number of aromatic hydroxyl groups is 2. The molecule has 0 bridgehead atoms. The van der Waals surface area contributed by atoms with Crippen LogP contribution in [0.25, 0.3) is 22.4 Å². The number of nitrogens with two attached hydrogens (primary N) is 1. The van der Waals surface area contributed by atoms with Crippen molar-refractivity contribution in [3.8, 4) is 33.9 Å². The molecule has 0 spiro atoms. The van der Waals surface area contributed by atoms with Crippen molar-refractivity contribution in [3.05, 3.63) is 96.0 Å². The summed E-state index contributed by atoms with van der Waals surface area (Å²) in [5.74, 6) is -0.802. The standard InChI is InChI=1S/C53H73N3O7/c1-2-3-6-13-35-18-19-37(48(60)26-35)16-9-5-10-17-45(51(61)62)47(59)20-24-53(63)34-41(52(22-11-12-23-52)39-21-25-55-49(54)31-39)29-40(53)30-42-32-46(36-14-7-4-8-15-36)50(56-42)38-27-43(57)33-44(58)28-38/h4,7-8,14-15,18-19,21,27-28,31-33,35,37,40-41,45,47-48,55-60,63H,2-3,5-6,9-13,16-17,20,22-26,29-30,34,54H2,1H3,(H,61,62). The summed E-state index contributed by atoms with van der Waals surface area (Å²) in [6.07, 6.45) is 23.1. The van der Waals surface area contributed by atoms with Crippen molar-refractivity contribution < 1.29 is 35.4 Å². The summed E-state index contributed by atoms with van der Waals surface area (Å²) < 4.78 is 0. The number of carbonyl (C=O) groups is 1. The molecular formula is C53H73N3O7. The van der Waals surface area contributed by atoms with E-state index in [1.807, 2.05) is 30.3 Å². The molecule has 4 aliphatic rings. The molecule has 342 valence electrons. The minimum atomic E-state index is -1.17. The lowest BCUT2D eigenvalue weighted by molar-refractivity contribution is -0.146. The Bertz CT molecular complexity index is 2050. The molecule has 2 fully saturated rings. The molecule has 10 heteroatoms. The monoisotopic (exact) mass is 864 g/mol. The lowest BCUT2D eigenvalue weighted by Gasteiger charge is -2.39. The first-order chi connectivity index (χ1) is 30.4. The number of rotatable bonds is 21. The number of hydrogen-bond acceptors (Lipinski definition) is 8. The highest BCUT2D eigenvalue weighted by molar-refractivity contribution is 5.83. The van der Waals surface area contributed by atoms with Crippen LogP contribution in [-0.4, -0.2) is 65.9 Å². The molecule has 0 radical (unpaired) electrons. The summed E-state index contributed by atoms with van der Waals surface area (Å²) in [5, 5.41) is 69.9. The lowest BCUT2D eigenvalue weighted by Crippen LogP contribution is -2.38. The largest absolute Gasteiger partial charge is 0.508 e. The van der Waals surface area contributed by atoms with E-state index < -0.39 is 23.6 Å². The van der Waals surface area contributed by atoms with Crippen LogP contribution in [0.3, 0.4) is 0 Å². The molecule has 2 saturated carbocycles. The van der Waals surface area contributed by atoms with Crippen LogP contribution in [0, 0.1) is 35.0 Å². The molecular weight excluding hydrogens is 791 g/mol. The van der Waals surface area contributed by atoms with Crippen molar-refractivity contribution in [3.63, 3.8) is 0 Å². The number of aliphatic hydroxyl groups excluding tert-OH is 2. The van der Waals surface area contributed by atoms with E-state index in [-0.39, 0.29) is 53.6 Å². The molecule has 3 aliphatic carbocycles. The Morgan fingerprint density at radius 2 is 1.65 bits per heavy atom. The van der Waals surface area contributed by atoms with E-state index in [0.29, 0.717) is 49.5 Å². The number of nitrogens with one attached hydrogen (secondary N) is 2. The number of aromatic nitrogens is 1. The second-order valence-corrected chi connectivity index (χ2v) is 19.6. The number of hydrogen-bond donors (Lipinski definition) is 9. The van der Waals surface area contributed by atoms with Crippen LogP contribution in [0.2, 0.25) is 0 Å². The van der Waals surface area contributed by atoms with Crippen molar-refractivity contribution in [2.24, 2.45) is 40.7 Å². The number of phenolic OH excluding ortho intramolecular Hbond substituents is 2. The highest BCUT2D eigenvalue weighted by atomic mass is 16.4. The van der Waals surface area contributed by atoms with E-state index in [4.69, 9.17) is 5.73 Å². The summed E-state index contributed by atoms with van der Waals surface area (Å²) in [5.41, 5.74) is 10.5. The Morgan fingerprint density at radius 3 is 2.35 bits per heavy atom. The molecule has 0 amide bonds. The molecule has 2 heterocycles. The number of carboxylic acid groups (broad SMARTS) is 1. The SMILES string of the molecule is CCCCCC1C=CC(CCCCCC(C(=O)O)C(O)CCC2(O)CC(C3(C4=CCNC(N)=C4)CCCC3)CC2Cc2cc(-c3ccccc3)c(-c3cc(O)cc(O)c3)[nH]2)C(O)C1. The molecule has 8 unspecified atom stereocenters. The topological polar surface area (TPSA) is 192 Å². The fourth-order valence-corrected chi connectivity index (χ4v) is 11.9. The number of allylic oxidation sites excluding steroid dienone is 3. The first-order valence-electron chi connectivity index (χ1n) is 24.1. The number of H-pyrrole nitrogens is 1. The fourth-order valence-electron chi connectivity index (χ4n) is 11.9. The number of dihydropyridines is 1. The number of benzene rings is 2. The van der Waals surface area contributed by atoms with Crippen LogP contribution in [0.15, 0.2) is 90.3 Å². The highest BCUT2D eigenvalue weighted by Crippen LogP contribution is 2.60. The number of aromatic amines is 1. The lowest BCUT2D eigenvalue weighted by atomic mass is 9.66. The average Bonchev–Trinajstić information content (AvgIpc) is 4.01. The number of aliphatic hydroxyl groups is 3. The van der Waals surface area contributed by atoms with Gasteiger partial charge < -0.3 is 46.7 Å². The van der Waals surface area contributed by atoms with Gasteiger partial charge in [0.1, 0.15) is 11.5 Å². The molecule has 63 heavy (non-hydrogen) atoms. The summed E-state index contributed by atoms with van der Waals surface area (Å²) >= 11 is 0. The van der Waals surface area contributed by atoms with E-state index >= 15 is 0 Å². The zero-order valence-corrected chi connectivity index (χ0v) is 37.4. The van der Waals surface area contributed by atoms with Gasteiger partial charge in [-0.25, -0.2) is 0 Å². The predicted molar refractivity (Wildman–Crippen MR) is 249 cm³/mol. The second-order valence-electron chi connectivity index (χ2n) is 19.6. The van der Waals surface area contributed by atoms with Crippen LogP contribution < -0.4 is 11.1 Å². The van der Waals surface area contributed by atoms with Gasteiger partial charge in [-0.15, -0.1) is 0 Å². The maximum absolute atomic E-state index is 13.0. The number of phenols is 2. The predicted octanol–water partition coefficient (Wildman–Crippen LogP) is 9.88. The molecule has 8 atom stereocenters. The Morgan fingerprint density at radius 1 is 0.905 bits per heavy atom. The van der Waals surface area contributed by atoms with Crippen molar-refractivity contribution in [2.75, 3.05) is 6.54 Å². The molecule has 3 aromatic rings. The van der Waals surface area contributed by atoms with Gasteiger partial charge in [0.15, 0.2) is 0 Å². The number of aliphatic carboxylic acids is 1. The summed E-state index contributed by atoms with van der Waals surface area (Å²) in [6, 6.07) is 16.6. The van der Waals surface area contributed by atoms with Crippen molar-refractivity contribution in [1.82, 2.24) is 10.3 Å². The van der Waals surface area contributed by atoms with E-state index in [9.17, 15) is 35.4 Å². The van der Waals surface area contributed by atoms with Gasteiger partial charge in [0, 0.05) is 35.3 Å². The molecule has 10 N–H and O–H groups in total. The van der Waals surface area contributed by atoms with E-state index in [2.05, 4.69) is 47.6 Å². The van der Waals surface area contributed by atoms with Crippen LogP contribution in [0.5, 0.6) is 11.5 Å². The molecule has 0 saturated heterocycles. The van der Waals surface area contributed by atoms with Gasteiger partial charge in [-0.3, -0.25) is 4.79 Å². The van der Waals surface area contributed by atoms with Crippen LogP contribution in [-0.2, 0) is 11.2 Å². The number of unbranched alkanes of at least 4 members (excludes halogenated alkanes) is 4. The molecule has 1 aliphatic heterocycles. The van der Waals surface area contributed by atoms with Crippen molar-refractivity contribution in [1.29, 1.82) is 0 Å². The summed E-state index contributed by atoms with van der Waals surface area (Å²) in [4.78, 5) is 16.3. The second kappa shape index (κ2) is 21.0. The maximum atomic E-state index is 13.0. The zero-order chi connectivity index (χ0) is 44.6. The van der Waals surface area contributed by atoms with Gasteiger partial charge in [-0.2, -0.15) is 0 Å². The normalized spacial score (nSPS) is 26.5. The zero-order valence-electron chi connectivity index (χ0n) is 37.4. The molecule has 10 nitrogen and oxygen atoms in total. The van der Waals surface area contributed by atoms with Gasteiger partial charge >= 0.3 is 5.97 Å². The Hall–Kier alpha value is -4.51. The van der Waals surface area contributed by atoms with Crippen LogP contribution in [0.1, 0.15) is 128 Å². The highest BCUT2D eigenvalue weighted by Gasteiger charge is 2.54. The van der Waals surface area contributed by atoms with E-state index in [0.717, 1.165) is 86.7 Å². The minimum Gasteiger partial charge on any atom is -0.508 e. The van der Waals surface area contributed by atoms with Gasteiger partial charge in [0.05, 0.1) is 35.2 Å². The molecule has 1 aromatic heterocycles. The first kappa shape index (κ1) is 46.5. The fraction of sp³-hybridized carbons (Fsp3) is 0.566. The van der Waals surface area contributed by atoms with Gasteiger partial charge in [-0.05, 0) is 129 Å². The average molecular weight is 864 g/mol. The van der Waals surface area contributed by atoms with Crippen molar-refractivity contribution >= 4 is 5.97 Å². The minimum absolute atomic E-state index is 0.0436. The smallest absolute Gasteiger partial charge is 0.309 e. The van der Waals surface area contributed by atoms with Gasteiger partial charge in [-0.1, -0.05) is 107 Å². The third-order valence-corrected chi connectivity index (χ3v) is 15.4. The third kappa shape index (κ3) is 11.2. The quantitative estimate of drug-likeness (QED) is 0.0370. The van der Waals surface area contributed by atoms with E-state index in [1.54, 1.807) is 12.1 Å². The summed E-state index contributed by atoms with van der Waals surface area (Å²) in [6.45, 7) is 2.87. The Labute approximate surface area is 374 Å². The Kier molecular flexibility index (Phi) is 15.5. The number of carboxylic acids is 1. The third-order valence-electron chi connectivity index (χ3n) is 15.4. The Balaban J connectivity index is 1.06. The first-order valence-corrected chi connectivity index (χ1v) is 24.1. The van der Waals surface area contributed by atoms with Crippen LogP contribution >= 0.6 is 0 Å². The van der Waals surface area contributed by atoms with Crippen LogP contribution in [0.4, 0.5) is 0 Å². The summed E-state index contributed by atoms with van der Waals surface area (Å²) in [7, 11) is 0. The molecule has 7 rings (SSSR count). The van der Waals surface area contributed by atoms with Gasteiger partial charge in [0.25, 0.3) is 0 Å². The molecule has 2 aromatic carbocycles.